The Bertz CT molecular complexity index is 993. The van der Waals surface area contributed by atoms with Crippen LogP contribution in [0.15, 0.2) is 59.9 Å². The van der Waals surface area contributed by atoms with Crippen LogP contribution in [0.25, 0.3) is 5.65 Å². The molecule has 1 saturated heterocycles. The van der Waals surface area contributed by atoms with Crippen molar-refractivity contribution >= 4 is 22.5 Å². The van der Waals surface area contributed by atoms with Gasteiger partial charge < -0.3 is 14.6 Å². The number of pyridine rings is 1. The summed E-state index contributed by atoms with van der Waals surface area (Å²) in [6, 6.07) is 11.2. The summed E-state index contributed by atoms with van der Waals surface area (Å²) in [7, 11) is 0.946. The van der Waals surface area contributed by atoms with Gasteiger partial charge in [0.2, 0.25) is 0 Å². The van der Waals surface area contributed by atoms with Crippen molar-refractivity contribution in [3.8, 4) is 0 Å². The van der Waals surface area contributed by atoms with E-state index in [-0.39, 0.29) is 5.91 Å². The number of nitrogens with zero attached hydrogens (tertiary/aromatic N) is 4. The summed E-state index contributed by atoms with van der Waals surface area (Å²) in [4.78, 5) is 19.6. The van der Waals surface area contributed by atoms with Crippen LogP contribution in [0.1, 0.15) is 15.9 Å². The number of fused-ring (bicyclic) bond motifs is 1. The second-order valence-corrected chi connectivity index (χ2v) is 8.40. The van der Waals surface area contributed by atoms with Crippen LogP contribution in [0, 0.1) is 0 Å². The lowest BCUT2D eigenvalue weighted by molar-refractivity contribution is 0.0950. The molecule has 0 bridgehead atoms. The minimum atomic E-state index is -1.13. The van der Waals surface area contributed by atoms with E-state index in [0.29, 0.717) is 12.1 Å². The summed E-state index contributed by atoms with van der Waals surface area (Å²) >= 11 is 0. The number of piperazine rings is 1. The molecule has 4 rings (SSSR count). The highest BCUT2D eigenvalue weighted by Gasteiger charge is 2.20. The number of aromatic nitrogens is 2. The van der Waals surface area contributed by atoms with Crippen molar-refractivity contribution in [3.05, 3.63) is 66.1 Å². The zero-order valence-corrected chi connectivity index (χ0v) is 16.6. The molecule has 0 aliphatic carbocycles. The normalized spacial score (nSPS) is 16.9. The summed E-state index contributed by atoms with van der Waals surface area (Å²) in [6.07, 6.45) is 5.27. The second kappa shape index (κ2) is 8.22. The molecule has 0 radical (unpaired) electrons. The molecule has 146 valence electrons. The second-order valence-electron chi connectivity index (χ2n) is 6.92. The van der Waals surface area contributed by atoms with Gasteiger partial charge in [-0.15, -0.1) is 0 Å². The zero-order chi connectivity index (χ0) is 19.5. The van der Waals surface area contributed by atoms with Crippen molar-refractivity contribution < 1.29 is 9.00 Å². The molecule has 1 fully saturated rings. The highest BCUT2D eigenvalue weighted by Crippen LogP contribution is 2.14. The number of amides is 1. The highest BCUT2D eigenvalue weighted by molar-refractivity contribution is 7.82. The van der Waals surface area contributed by atoms with Crippen LogP contribution in [0.3, 0.4) is 0 Å². The molecule has 3 aromatic rings. The van der Waals surface area contributed by atoms with Gasteiger partial charge in [0, 0.05) is 51.3 Å². The first-order chi connectivity index (χ1) is 13.6. The van der Waals surface area contributed by atoms with Crippen LogP contribution in [0.5, 0.6) is 0 Å². The van der Waals surface area contributed by atoms with Crippen molar-refractivity contribution in [3.63, 3.8) is 0 Å². The molecule has 0 spiro atoms. The maximum Gasteiger partial charge on any atom is 0.253 e. The van der Waals surface area contributed by atoms with E-state index < -0.39 is 11.0 Å². The van der Waals surface area contributed by atoms with E-state index in [2.05, 4.69) is 22.2 Å². The summed E-state index contributed by atoms with van der Waals surface area (Å²) in [5.74, 6) is -0.138. The number of benzene rings is 1. The van der Waals surface area contributed by atoms with Crippen LogP contribution in [0.4, 0.5) is 0 Å². The van der Waals surface area contributed by atoms with Gasteiger partial charge in [0.05, 0.1) is 10.5 Å². The molecule has 1 aromatic carbocycles. The minimum absolute atomic E-state index is 0.138. The Labute approximate surface area is 166 Å². The third kappa shape index (κ3) is 4.14. The average molecular weight is 398 g/mol. The smallest absolute Gasteiger partial charge is 0.253 e. The van der Waals surface area contributed by atoms with Gasteiger partial charge in [-0.25, -0.2) is 13.5 Å². The Morgan fingerprint density at radius 3 is 2.61 bits per heavy atom. The first-order valence-electron chi connectivity index (χ1n) is 9.25. The number of carbonyl (C=O) groups excluding carboxylic acids is 1. The van der Waals surface area contributed by atoms with Crippen molar-refractivity contribution in [1.82, 2.24) is 23.9 Å². The molecule has 1 unspecified atom stereocenters. The van der Waals surface area contributed by atoms with Crippen LogP contribution < -0.4 is 5.32 Å². The Morgan fingerprint density at radius 2 is 1.86 bits per heavy atom. The largest absolute Gasteiger partial charge is 0.348 e. The highest BCUT2D eigenvalue weighted by atomic mass is 32.2. The fourth-order valence-corrected chi connectivity index (χ4v) is 4.33. The Morgan fingerprint density at radius 1 is 1.11 bits per heavy atom. The summed E-state index contributed by atoms with van der Waals surface area (Å²) in [5.41, 5.74) is 2.36. The van der Waals surface area contributed by atoms with Gasteiger partial charge in [-0.05, 0) is 36.9 Å². The summed E-state index contributed by atoms with van der Waals surface area (Å²) in [5, 5.41) is 2.92. The molecular weight excluding hydrogens is 374 g/mol. The molecular formula is C20H23N5O2S. The van der Waals surface area contributed by atoms with Crippen LogP contribution in [-0.4, -0.2) is 61.9 Å². The van der Waals surface area contributed by atoms with Crippen molar-refractivity contribution in [2.24, 2.45) is 0 Å². The van der Waals surface area contributed by atoms with E-state index >= 15 is 0 Å². The first-order valence-corrected chi connectivity index (χ1v) is 10.4. The molecule has 7 nitrogen and oxygen atoms in total. The molecule has 1 aliphatic rings. The zero-order valence-electron chi connectivity index (χ0n) is 15.7. The van der Waals surface area contributed by atoms with Crippen LogP contribution in [-0.2, 0) is 17.5 Å². The van der Waals surface area contributed by atoms with Crippen LogP contribution in [0.2, 0.25) is 0 Å². The van der Waals surface area contributed by atoms with Crippen molar-refractivity contribution in [2.75, 3.05) is 33.2 Å². The predicted octanol–water partition coefficient (Wildman–Crippen LogP) is 1.53. The monoisotopic (exact) mass is 397 g/mol. The number of imidazole rings is 1. The summed E-state index contributed by atoms with van der Waals surface area (Å²) < 4.78 is 16.5. The molecule has 1 N–H and O–H groups in total. The van der Waals surface area contributed by atoms with Gasteiger partial charge >= 0.3 is 0 Å². The fraction of sp³-hybridized carbons (Fsp3) is 0.300. The number of nitrogens with one attached hydrogen (secondary N) is 1. The lowest BCUT2D eigenvalue weighted by Gasteiger charge is -2.31. The predicted molar refractivity (Wildman–Crippen MR) is 108 cm³/mol. The fourth-order valence-electron chi connectivity index (χ4n) is 3.17. The van der Waals surface area contributed by atoms with E-state index in [1.54, 1.807) is 18.5 Å². The van der Waals surface area contributed by atoms with Crippen molar-refractivity contribution in [1.29, 1.82) is 0 Å². The minimum Gasteiger partial charge on any atom is -0.348 e. The maximum atomic E-state index is 12.7. The van der Waals surface area contributed by atoms with E-state index in [1.807, 2.05) is 45.2 Å². The van der Waals surface area contributed by atoms with E-state index in [4.69, 9.17) is 0 Å². The van der Waals surface area contributed by atoms with Gasteiger partial charge in [-0.2, -0.15) is 0 Å². The first kappa shape index (κ1) is 18.8. The Hall–Kier alpha value is -2.55. The molecule has 2 aromatic heterocycles. The van der Waals surface area contributed by atoms with Gasteiger partial charge in [-0.1, -0.05) is 12.1 Å². The molecule has 28 heavy (non-hydrogen) atoms. The molecule has 0 saturated carbocycles. The number of likely N-dealkylation sites (N-methyl/N-ethyl adjacent to an activating group) is 1. The Balaban J connectivity index is 1.35. The molecule has 1 aliphatic heterocycles. The number of carbonyl (C=O) groups is 1. The van der Waals surface area contributed by atoms with E-state index in [0.717, 1.165) is 42.3 Å². The lowest BCUT2D eigenvalue weighted by Crippen LogP contribution is -2.45. The Kier molecular flexibility index (Phi) is 5.52. The molecule has 1 amide bonds. The van der Waals surface area contributed by atoms with Gasteiger partial charge in [-0.3, -0.25) is 4.79 Å². The van der Waals surface area contributed by atoms with Gasteiger partial charge in [0.25, 0.3) is 5.91 Å². The van der Waals surface area contributed by atoms with Gasteiger partial charge in [0.15, 0.2) is 0 Å². The number of rotatable bonds is 5. The molecule has 1 atom stereocenters. The quantitative estimate of drug-likeness (QED) is 0.709. The van der Waals surface area contributed by atoms with Gasteiger partial charge in [0.1, 0.15) is 16.6 Å². The van der Waals surface area contributed by atoms with Crippen LogP contribution >= 0.6 is 0 Å². The molecule has 8 heteroatoms. The average Bonchev–Trinajstić information content (AvgIpc) is 3.20. The number of hydrogen-bond donors (Lipinski definition) is 1. The third-order valence-electron chi connectivity index (χ3n) is 4.93. The maximum absolute atomic E-state index is 12.7. The van der Waals surface area contributed by atoms with E-state index in [9.17, 15) is 9.00 Å². The standard InChI is InChI=1S/C20H23N5O2S/c1-23-10-12-25(13-11-23)28(27)18-5-2-16(3-6-18)14-22-20(26)17-4-7-19-21-8-9-24(19)15-17/h2-9,15H,10-14H2,1H3,(H,22,26). The number of hydrogen-bond acceptors (Lipinski definition) is 4. The van der Waals surface area contributed by atoms with E-state index in [1.165, 1.54) is 0 Å². The summed E-state index contributed by atoms with van der Waals surface area (Å²) in [6.45, 7) is 3.90. The lowest BCUT2D eigenvalue weighted by atomic mass is 10.2. The topological polar surface area (TPSA) is 69.9 Å². The SMILES string of the molecule is CN1CCN(S(=O)c2ccc(CNC(=O)c3ccc4nccn4c3)cc2)CC1. The van der Waals surface area contributed by atoms with Crippen molar-refractivity contribution in [2.45, 2.75) is 11.4 Å². The molecule has 3 heterocycles. The third-order valence-corrected chi connectivity index (χ3v) is 6.44.